The molecule has 2 aliphatic heterocycles. The number of amides is 2. The number of hydrogen-bond donors (Lipinski definition) is 3. The van der Waals surface area contributed by atoms with Crippen molar-refractivity contribution >= 4 is 47.3 Å². The Morgan fingerprint density at radius 1 is 1.38 bits per heavy atom. The number of thioether (sulfide) groups is 2. The minimum Gasteiger partial charge on any atom is -0.480 e. The van der Waals surface area contributed by atoms with Gasteiger partial charge in [-0.15, -0.1) is 16.9 Å². The van der Waals surface area contributed by atoms with Gasteiger partial charge in [-0.1, -0.05) is 11.8 Å². The second-order valence-electron chi connectivity index (χ2n) is 5.85. The van der Waals surface area contributed by atoms with E-state index in [9.17, 15) is 24.3 Å². The molecule has 15 heteroatoms. The van der Waals surface area contributed by atoms with Crippen LogP contribution in [0, 0.1) is 11.3 Å². The summed E-state index contributed by atoms with van der Waals surface area (Å²) >= 11 is 2.34. The third-order valence-corrected chi connectivity index (χ3v) is 6.35. The van der Waals surface area contributed by atoms with Crippen molar-refractivity contribution in [3.05, 3.63) is 11.3 Å². The highest BCUT2D eigenvalue weighted by molar-refractivity contribution is 8.01. The summed E-state index contributed by atoms with van der Waals surface area (Å²) in [5, 5.41) is 39.8. The summed E-state index contributed by atoms with van der Waals surface area (Å²) in [6.07, 6.45) is -0.393. The lowest BCUT2D eigenvalue weighted by Gasteiger charge is -2.49. The number of carboxylic acids is 2. The summed E-state index contributed by atoms with van der Waals surface area (Å²) in [5.41, 5.74) is 0.276. The molecule has 3 heterocycles. The molecule has 2 amide bonds. The van der Waals surface area contributed by atoms with Gasteiger partial charge in [-0.25, -0.2) is 9.48 Å². The van der Waals surface area contributed by atoms with Crippen LogP contribution in [0.3, 0.4) is 0 Å². The smallest absolute Gasteiger partial charge is 0.352 e. The average molecular weight is 439 g/mol. The Hall–Kier alpha value is -3.12. The topological polar surface area (TPSA) is 191 Å². The molecule has 0 saturated carbocycles. The van der Waals surface area contributed by atoms with Gasteiger partial charge in [0.05, 0.1) is 6.07 Å². The molecule has 0 spiro atoms. The lowest BCUT2D eigenvalue weighted by atomic mass is 10.0. The van der Waals surface area contributed by atoms with Gasteiger partial charge in [0.1, 0.15) is 30.1 Å². The summed E-state index contributed by atoms with van der Waals surface area (Å²) in [5.74, 6) is -3.16. The van der Waals surface area contributed by atoms with Crippen LogP contribution in [0.1, 0.15) is 6.42 Å². The second-order valence-corrected chi connectivity index (χ2v) is 7.90. The molecule has 2 aliphatic rings. The van der Waals surface area contributed by atoms with Crippen LogP contribution in [-0.4, -0.2) is 82.0 Å². The van der Waals surface area contributed by atoms with Crippen molar-refractivity contribution in [3.8, 4) is 6.07 Å². The van der Waals surface area contributed by atoms with E-state index in [4.69, 9.17) is 10.4 Å². The molecule has 2 atom stereocenters. The van der Waals surface area contributed by atoms with Crippen LogP contribution in [0.5, 0.6) is 0 Å². The lowest BCUT2D eigenvalue weighted by molar-refractivity contribution is -0.150. The molecular formula is C14H13N7O6S2. The van der Waals surface area contributed by atoms with E-state index in [2.05, 4.69) is 20.8 Å². The zero-order valence-corrected chi connectivity index (χ0v) is 16.1. The SMILES string of the molecule is N#CCC(=O)NC1C(=O)N2C(C(=O)O)=C(CSc3nnnn3CC(=O)O)CS[C@H]12. The van der Waals surface area contributed by atoms with E-state index < -0.39 is 48.1 Å². The molecule has 3 N–H and O–H groups in total. The molecule has 13 nitrogen and oxygen atoms in total. The van der Waals surface area contributed by atoms with Gasteiger partial charge in [0.25, 0.3) is 5.91 Å². The number of carbonyl (C=O) groups is 4. The number of nitriles is 1. The van der Waals surface area contributed by atoms with Gasteiger partial charge < -0.3 is 15.5 Å². The molecule has 1 fully saturated rings. The predicted molar refractivity (Wildman–Crippen MR) is 96.1 cm³/mol. The second kappa shape index (κ2) is 8.49. The molecule has 1 unspecified atom stereocenters. The zero-order chi connectivity index (χ0) is 21.1. The van der Waals surface area contributed by atoms with Crippen LogP contribution in [0.2, 0.25) is 0 Å². The molecule has 1 aromatic heterocycles. The number of carboxylic acid groups (broad SMARTS) is 2. The normalized spacial score (nSPS) is 20.5. The Bertz CT molecular complexity index is 954. The van der Waals surface area contributed by atoms with E-state index in [1.165, 1.54) is 11.8 Å². The molecule has 0 aliphatic carbocycles. The molecule has 29 heavy (non-hydrogen) atoms. The summed E-state index contributed by atoms with van der Waals surface area (Å²) in [7, 11) is 0. The van der Waals surface area contributed by atoms with Gasteiger partial charge in [-0.2, -0.15) is 5.26 Å². The lowest BCUT2D eigenvalue weighted by Crippen LogP contribution is -2.70. The highest BCUT2D eigenvalue weighted by Crippen LogP contribution is 2.41. The maximum atomic E-state index is 12.4. The first-order valence-corrected chi connectivity index (χ1v) is 10.0. The Morgan fingerprint density at radius 3 is 2.79 bits per heavy atom. The Balaban J connectivity index is 1.74. The van der Waals surface area contributed by atoms with Crippen molar-refractivity contribution < 1.29 is 29.4 Å². The predicted octanol–water partition coefficient (Wildman–Crippen LogP) is -1.50. The number of aromatic nitrogens is 4. The van der Waals surface area contributed by atoms with Gasteiger partial charge in [-0.3, -0.25) is 19.3 Å². The van der Waals surface area contributed by atoms with Crippen molar-refractivity contribution in [2.45, 2.75) is 29.5 Å². The molecule has 152 valence electrons. The molecule has 0 radical (unpaired) electrons. The molecule has 0 aromatic carbocycles. The number of carbonyl (C=O) groups excluding carboxylic acids is 2. The van der Waals surface area contributed by atoms with Gasteiger partial charge in [0, 0.05) is 11.5 Å². The van der Waals surface area contributed by atoms with Gasteiger partial charge in [0.2, 0.25) is 11.1 Å². The minimum atomic E-state index is -1.29. The maximum absolute atomic E-state index is 12.4. The van der Waals surface area contributed by atoms with Crippen LogP contribution in [0.15, 0.2) is 16.4 Å². The quantitative estimate of drug-likeness (QED) is 0.314. The number of fused-ring (bicyclic) bond motifs is 1. The average Bonchev–Trinajstić information content (AvgIpc) is 3.09. The molecular weight excluding hydrogens is 426 g/mol. The number of β-lactam (4-membered cyclic amide) rings is 1. The van der Waals surface area contributed by atoms with Crippen LogP contribution in [0.25, 0.3) is 0 Å². The first-order valence-electron chi connectivity index (χ1n) is 8.00. The van der Waals surface area contributed by atoms with Gasteiger partial charge >= 0.3 is 11.9 Å². The first-order chi connectivity index (χ1) is 13.8. The van der Waals surface area contributed by atoms with Gasteiger partial charge in [0.15, 0.2) is 0 Å². The van der Waals surface area contributed by atoms with Gasteiger partial charge in [-0.05, 0) is 16.0 Å². The van der Waals surface area contributed by atoms with Crippen LogP contribution in [0.4, 0.5) is 0 Å². The monoisotopic (exact) mass is 439 g/mol. The third kappa shape index (κ3) is 4.17. The molecule has 1 saturated heterocycles. The summed E-state index contributed by atoms with van der Waals surface area (Å²) in [6.45, 7) is -0.439. The van der Waals surface area contributed by atoms with E-state index in [0.717, 1.165) is 21.3 Å². The van der Waals surface area contributed by atoms with Crippen molar-refractivity contribution in [2.75, 3.05) is 11.5 Å². The highest BCUT2D eigenvalue weighted by Gasteiger charge is 2.54. The largest absolute Gasteiger partial charge is 0.480 e. The van der Waals surface area contributed by atoms with E-state index >= 15 is 0 Å². The summed E-state index contributed by atoms with van der Waals surface area (Å²) in [6, 6.07) is 0.801. The van der Waals surface area contributed by atoms with Crippen molar-refractivity contribution in [3.63, 3.8) is 0 Å². The Morgan fingerprint density at radius 2 is 2.14 bits per heavy atom. The van der Waals surface area contributed by atoms with Crippen molar-refractivity contribution in [1.82, 2.24) is 30.4 Å². The molecule has 1 aromatic rings. The molecule has 3 rings (SSSR count). The number of aliphatic carboxylic acids is 2. The van der Waals surface area contributed by atoms with Crippen LogP contribution < -0.4 is 5.32 Å². The van der Waals surface area contributed by atoms with E-state index in [0.29, 0.717) is 5.57 Å². The number of nitrogens with zero attached hydrogens (tertiary/aromatic N) is 6. The minimum absolute atomic E-state index is 0.135. The summed E-state index contributed by atoms with van der Waals surface area (Å²) in [4.78, 5) is 47.7. The van der Waals surface area contributed by atoms with Crippen LogP contribution in [-0.2, 0) is 25.7 Å². The van der Waals surface area contributed by atoms with E-state index in [-0.39, 0.29) is 22.4 Å². The highest BCUT2D eigenvalue weighted by atomic mass is 32.2. The van der Waals surface area contributed by atoms with E-state index in [1.807, 2.05) is 0 Å². The number of hydrogen-bond acceptors (Lipinski definition) is 10. The Labute approximate surface area is 171 Å². The standard InChI is InChI=1S/C14H13N7O6S2/c15-2-1-7(22)16-9-11(25)21-10(13(26)27)6(4-28-12(9)21)5-29-14-17-18-19-20(14)3-8(23)24/h9,12H,1,3-5H2,(H,16,22)(H,23,24)(H,26,27)/t9?,12-/m1/s1. The Kier molecular flexibility index (Phi) is 6.03. The zero-order valence-electron chi connectivity index (χ0n) is 14.5. The fourth-order valence-electron chi connectivity index (χ4n) is 2.77. The number of rotatable bonds is 8. The van der Waals surface area contributed by atoms with Crippen molar-refractivity contribution in [1.29, 1.82) is 5.26 Å². The fraction of sp³-hybridized carbons (Fsp3) is 0.429. The van der Waals surface area contributed by atoms with E-state index in [1.54, 1.807) is 6.07 Å². The summed E-state index contributed by atoms with van der Waals surface area (Å²) < 4.78 is 1.07. The fourth-order valence-corrected chi connectivity index (χ4v) is 5.13. The number of nitrogens with one attached hydrogen (secondary N) is 1. The van der Waals surface area contributed by atoms with Crippen molar-refractivity contribution in [2.24, 2.45) is 0 Å². The maximum Gasteiger partial charge on any atom is 0.352 e. The third-order valence-electron chi connectivity index (χ3n) is 3.97. The van der Waals surface area contributed by atoms with Crippen LogP contribution >= 0.6 is 23.5 Å². The number of tetrazole rings is 1. The first kappa shape index (κ1) is 20.6. The molecule has 0 bridgehead atoms.